The highest BCUT2D eigenvalue weighted by Gasteiger charge is 2.04. The van der Waals surface area contributed by atoms with Crippen LogP contribution in [0.1, 0.15) is 5.56 Å². The predicted molar refractivity (Wildman–Crippen MR) is 76.8 cm³/mol. The van der Waals surface area contributed by atoms with Crippen LogP contribution in [0.5, 0.6) is 5.75 Å². The predicted octanol–water partition coefficient (Wildman–Crippen LogP) is 1.53. The monoisotopic (exact) mass is 278 g/mol. The maximum absolute atomic E-state index is 8.72. The van der Waals surface area contributed by atoms with Gasteiger partial charge >= 0.3 is 0 Å². The Morgan fingerprint density at radius 3 is 2.00 bits per heavy atom. The fourth-order valence-corrected chi connectivity index (χ4v) is 1.69. The molecule has 0 fully saturated rings. The largest absolute Gasteiger partial charge is 0.492 e. The van der Waals surface area contributed by atoms with E-state index in [4.69, 9.17) is 19.5 Å². The number of hydrogen-bond acceptors (Lipinski definition) is 5. The summed E-state index contributed by atoms with van der Waals surface area (Å²) in [5.74, 6) is 0.780. The highest BCUT2D eigenvalue weighted by molar-refractivity contribution is 5.34. The molecule has 0 saturated carbocycles. The highest BCUT2D eigenvalue weighted by Crippen LogP contribution is 2.11. The van der Waals surface area contributed by atoms with E-state index in [0.29, 0.717) is 25.4 Å². The minimum Gasteiger partial charge on any atom is -0.492 e. The molecule has 0 N–H and O–H groups in total. The van der Waals surface area contributed by atoms with Crippen molar-refractivity contribution in [2.75, 3.05) is 53.7 Å². The second-order valence-corrected chi connectivity index (χ2v) is 4.31. The number of nitriles is 1. The Morgan fingerprint density at radius 2 is 1.50 bits per heavy atom. The van der Waals surface area contributed by atoms with Crippen molar-refractivity contribution in [3.05, 3.63) is 29.8 Å². The van der Waals surface area contributed by atoms with Gasteiger partial charge in [-0.3, -0.25) is 4.90 Å². The van der Waals surface area contributed by atoms with Crippen LogP contribution >= 0.6 is 0 Å². The van der Waals surface area contributed by atoms with Gasteiger partial charge < -0.3 is 14.2 Å². The molecule has 0 aliphatic carbocycles. The fourth-order valence-electron chi connectivity index (χ4n) is 1.69. The molecule has 0 aliphatic rings. The Morgan fingerprint density at radius 1 is 0.950 bits per heavy atom. The lowest BCUT2D eigenvalue weighted by Gasteiger charge is -2.21. The van der Waals surface area contributed by atoms with Gasteiger partial charge in [0.05, 0.1) is 24.8 Å². The Labute approximate surface area is 120 Å². The van der Waals surface area contributed by atoms with Crippen molar-refractivity contribution < 1.29 is 14.2 Å². The lowest BCUT2D eigenvalue weighted by atomic mass is 10.2. The van der Waals surface area contributed by atoms with Crippen LogP contribution in [0.2, 0.25) is 0 Å². The third-order valence-corrected chi connectivity index (χ3v) is 2.88. The maximum Gasteiger partial charge on any atom is 0.119 e. The maximum atomic E-state index is 8.72. The molecule has 1 aromatic carbocycles. The third-order valence-electron chi connectivity index (χ3n) is 2.88. The van der Waals surface area contributed by atoms with Gasteiger partial charge in [-0.15, -0.1) is 0 Å². The van der Waals surface area contributed by atoms with Crippen molar-refractivity contribution in [1.82, 2.24) is 4.90 Å². The van der Waals surface area contributed by atoms with E-state index in [1.165, 1.54) is 0 Å². The number of rotatable bonds is 10. The van der Waals surface area contributed by atoms with Crippen molar-refractivity contribution in [1.29, 1.82) is 5.26 Å². The topological polar surface area (TPSA) is 54.7 Å². The number of nitrogens with zero attached hydrogens (tertiary/aromatic N) is 2. The van der Waals surface area contributed by atoms with Gasteiger partial charge in [0.25, 0.3) is 0 Å². The van der Waals surface area contributed by atoms with Crippen LogP contribution in [0, 0.1) is 11.3 Å². The molecule has 20 heavy (non-hydrogen) atoms. The molecule has 1 rings (SSSR count). The van der Waals surface area contributed by atoms with Crippen molar-refractivity contribution in [2.24, 2.45) is 0 Å². The molecule has 0 spiro atoms. The Balaban J connectivity index is 2.32. The zero-order valence-corrected chi connectivity index (χ0v) is 12.2. The van der Waals surface area contributed by atoms with Crippen LogP contribution < -0.4 is 4.74 Å². The molecular formula is C15H22N2O3. The number of benzene rings is 1. The van der Waals surface area contributed by atoms with Crippen LogP contribution in [-0.4, -0.2) is 58.6 Å². The summed E-state index contributed by atoms with van der Waals surface area (Å²) >= 11 is 0. The van der Waals surface area contributed by atoms with Gasteiger partial charge in [-0.1, -0.05) is 0 Å². The summed E-state index contributed by atoms with van der Waals surface area (Å²) in [6.45, 7) is 4.51. The summed E-state index contributed by atoms with van der Waals surface area (Å²) in [6, 6.07) is 9.21. The van der Waals surface area contributed by atoms with Crippen LogP contribution in [0.4, 0.5) is 0 Å². The quantitative estimate of drug-likeness (QED) is 0.649. The zero-order chi connectivity index (χ0) is 14.6. The summed E-state index contributed by atoms with van der Waals surface area (Å²) in [5.41, 5.74) is 0.638. The summed E-state index contributed by atoms with van der Waals surface area (Å²) < 4.78 is 15.8. The standard InChI is InChI=1S/C15H22N2O3/c1-18-10-7-17(8-11-19-2)9-12-20-15-5-3-14(13-16)4-6-15/h3-6H,7-12H2,1-2H3. The second kappa shape index (κ2) is 10.2. The SMILES string of the molecule is COCCN(CCOC)CCOc1ccc(C#N)cc1. The van der Waals surface area contributed by atoms with E-state index in [2.05, 4.69) is 11.0 Å². The molecule has 0 amide bonds. The van der Waals surface area contributed by atoms with E-state index < -0.39 is 0 Å². The summed E-state index contributed by atoms with van der Waals surface area (Å²) in [6.07, 6.45) is 0. The molecule has 0 atom stereocenters. The molecule has 5 heteroatoms. The molecule has 0 radical (unpaired) electrons. The Hall–Kier alpha value is -1.61. The lowest BCUT2D eigenvalue weighted by Crippen LogP contribution is -2.34. The molecule has 0 bridgehead atoms. The van der Waals surface area contributed by atoms with Crippen LogP contribution in [-0.2, 0) is 9.47 Å². The molecule has 0 aliphatic heterocycles. The van der Waals surface area contributed by atoms with Gasteiger partial charge in [0.2, 0.25) is 0 Å². The highest BCUT2D eigenvalue weighted by atomic mass is 16.5. The molecule has 5 nitrogen and oxygen atoms in total. The second-order valence-electron chi connectivity index (χ2n) is 4.31. The zero-order valence-electron chi connectivity index (χ0n) is 12.2. The molecule has 0 aromatic heterocycles. The normalized spacial score (nSPS) is 10.5. The van der Waals surface area contributed by atoms with E-state index in [-0.39, 0.29) is 0 Å². The van der Waals surface area contributed by atoms with Crippen LogP contribution in [0.3, 0.4) is 0 Å². The average Bonchev–Trinajstić information content (AvgIpc) is 2.50. The van der Waals surface area contributed by atoms with Crippen molar-refractivity contribution in [2.45, 2.75) is 0 Å². The third kappa shape index (κ3) is 6.53. The van der Waals surface area contributed by atoms with E-state index in [1.807, 2.05) is 12.1 Å². The average molecular weight is 278 g/mol. The Kier molecular flexibility index (Phi) is 8.40. The number of hydrogen-bond donors (Lipinski definition) is 0. The number of methoxy groups -OCH3 is 2. The minimum absolute atomic E-state index is 0.597. The smallest absolute Gasteiger partial charge is 0.119 e. The molecule has 0 heterocycles. The Bertz CT molecular complexity index is 393. The van der Waals surface area contributed by atoms with Gasteiger partial charge in [0, 0.05) is 33.9 Å². The molecule has 1 aromatic rings. The van der Waals surface area contributed by atoms with Crippen molar-refractivity contribution in [3.8, 4) is 11.8 Å². The summed E-state index contributed by atoms with van der Waals surface area (Å²) in [5, 5.41) is 8.72. The van der Waals surface area contributed by atoms with Crippen LogP contribution in [0.15, 0.2) is 24.3 Å². The van der Waals surface area contributed by atoms with Crippen molar-refractivity contribution >= 4 is 0 Å². The van der Waals surface area contributed by atoms with E-state index >= 15 is 0 Å². The summed E-state index contributed by atoms with van der Waals surface area (Å²) in [7, 11) is 3.39. The fraction of sp³-hybridized carbons (Fsp3) is 0.533. The molecular weight excluding hydrogens is 256 g/mol. The van der Waals surface area contributed by atoms with Gasteiger partial charge in [0.1, 0.15) is 12.4 Å². The van der Waals surface area contributed by atoms with Crippen LogP contribution in [0.25, 0.3) is 0 Å². The summed E-state index contributed by atoms with van der Waals surface area (Å²) in [4.78, 5) is 2.23. The molecule has 0 unspecified atom stereocenters. The van der Waals surface area contributed by atoms with Gasteiger partial charge in [0.15, 0.2) is 0 Å². The van der Waals surface area contributed by atoms with Gasteiger partial charge in [-0.25, -0.2) is 0 Å². The lowest BCUT2D eigenvalue weighted by molar-refractivity contribution is 0.104. The van der Waals surface area contributed by atoms with E-state index in [9.17, 15) is 0 Å². The first-order chi connectivity index (χ1) is 9.80. The molecule has 0 saturated heterocycles. The number of ether oxygens (including phenoxy) is 3. The van der Waals surface area contributed by atoms with Crippen molar-refractivity contribution in [3.63, 3.8) is 0 Å². The first kappa shape index (κ1) is 16.4. The van der Waals surface area contributed by atoms with Gasteiger partial charge in [-0.2, -0.15) is 5.26 Å². The minimum atomic E-state index is 0.597. The van der Waals surface area contributed by atoms with Gasteiger partial charge in [-0.05, 0) is 24.3 Å². The molecule has 110 valence electrons. The van der Waals surface area contributed by atoms with E-state index in [0.717, 1.165) is 25.4 Å². The van der Waals surface area contributed by atoms with E-state index in [1.54, 1.807) is 26.4 Å². The first-order valence-corrected chi connectivity index (χ1v) is 6.63. The first-order valence-electron chi connectivity index (χ1n) is 6.63.